The summed E-state index contributed by atoms with van der Waals surface area (Å²) in [6.45, 7) is 0. The monoisotopic (exact) mass is 254 g/mol. The predicted octanol–water partition coefficient (Wildman–Crippen LogP) is 1.24. The topological polar surface area (TPSA) is 73.1 Å². The summed E-state index contributed by atoms with van der Waals surface area (Å²) in [5.74, 6) is 5.67. The van der Waals surface area contributed by atoms with Crippen LogP contribution >= 0.6 is 11.7 Å². The van der Waals surface area contributed by atoms with Crippen LogP contribution in [0.5, 0.6) is 5.75 Å². The van der Waals surface area contributed by atoms with Crippen LogP contribution in [0.2, 0.25) is 0 Å². The first kappa shape index (κ1) is 11.9. The second-order valence-electron chi connectivity index (χ2n) is 3.32. The molecule has 0 amide bonds. The fraction of sp³-hybridized carbons (Fsp3) is 0.200. The molecule has 1 aromatic carbocycles. The first-order valence-corrected chi connectivity index (χ1v) is 5.56. The van der Waals surface area contributed by atoms with Gasteiger partial charge in [0.25, 0.3) is 0 Å². The Kier molecular flexibility index (Phi) is 3.62. The summed E-state index contributed by atoms with van der Waals surface area (Å²) in [6.07, 6.45) is 1.58. The Balaban J connectivity index is 2.46. The standard InChI is InChI=1S/C10H11FN4OS/c1-16-9-3-2-6(11)4-7(9)10(14-12)8-5-13-17-15-8/h2-5,10,14H,12H2,1H3. The number of nitrogens with zero attached hydrogens (tertiary/aromatic N) is 2. The number of halogens is 1. The van der Waals surface area contributed by atoms with Crippen molar-refractivity contribution < 1.29 is 9.13 Å². The number of hydrazine groups is 1. The summed E-state index contributed by atoms with van der Waals surface area (Å²) in [5, 5.41) is 0. The molecule has 0 fully saturated rings. The number of hydrogen-bond donors (Lipinski definition) is 2. The van der Waals surface area contributed by atoms with Gasteiger partial charge in [0.1, 0.15) is 11.6 Å². The average molecular weight is 254 g/mol. The van der Waals surface area contributed by atoms with Crippen LogP contribution in [0.3, 0.4) is 0 Å². The van der Waals surface area contributed by atoms with Gasteiger partial charge in [0.2, 0.25) is 0 Å². The second kappa shape index (κ2) is 5.17. The normalized spacial score (nSPS) is 12.4. The van der Waals surface area contributed by atoms with Gasteiger partial charge in [0.05, 0.1) is 36.8 Å². The Morgan fingerprint density at radius 1 is 1.53 bits per heavy atom. The van der Waals surface area contributed by atoms with E-state index in [0.29, 0.717) is 17.0 Å². The maximum Gasteiger partial charge on any atom is 0.124 e. The molecule has 1 unspecified atom stereocenters. The van der Waals surface area contributed by atoms with Crippen LogP contribution in [0.25, 0.3) is 0 Å². The molecule has 0 aliphatic rings. The van der Waals surface area contributed by atoms with E-state index in [2.05, 4.69) is 14.2 Å². The van der Waals surface area contributed by atoms with Crippen molar-refractivity contribution in [2.75, 3.05) is 7.11 Å². The highest BCUT2D eigenvalue weighted by molar-refractivity contribution is 6.99. The van der Waals surface area contributed by atoms with Gasteiger partial charge in [0, 0.05) is 5.56 Å². The predicted molar refractivity (Wildman–Crippen MR) is 62.0 cm³/mol. The molecule has 2 aromatic rings. The zero-order chi connectivity index (χ0) is 12.3. The van der Waals surface area contributed by atoms with Crippen molar-refractivity contribution in [2.24, 2.45) is 5.84 Å². The summed E-state index contributed by atoms with van der Waals surface area (Å²) in [6, 6.07) is 3.80. The zero-order valence-electron chi connectivity index (χ0n) is 9.05. The quantitative estimate of drug-likeness (QED) is 0.634. The number of nitrogens with one attached hydrogen (secondary N) is 1. The van der Waals surface area contributed by atoms with Gasteiger partial charge in [-0.15, -0.1) is 0 Å². The Morgan fingerprint density at radius 3 is 2.94 bits per heavy atom. The number of methoxy groups -OCH3 is 1. The molecule has 7 heteroatoms. The van der Waals surface area contributed by atoms with E-state index in [1.54, 1.807) is 12.3 Å². The molecule has 17 heavy (non-hydrogen) atoms. The molecular weight excluding hydrogens is 243 g/mol. The first-order chi connectivity index (χ1) is 8.26. The Labute approximate surface area is 102 Å². The van der Waals surface area contributed by atoms with E-state index in [1.165, 1.54) is 19.2 Å². The number of hydrogen-bond acceptors (Lipinski definition) is 6. The van der Waals surface area contributed by atoms with Gasteiger partial charge < -0.3 is 4.74 Å². The van der Waals surface area contributed by atoms with Gasteiger partial charge in [-0.1, -0.05) is 0 Å². The number of aromatic nitrogens is 2. The van der Waals surface area contributed by atoms with Crippen LogP contribution in [0.4, 0.5) is 4.39 Å². The summed E-state index contributed by atoms with van der Waals surface area (Å²) >= 11 is 1.07. The van der Waals surface area contributed by atoms with Crippen molar-refractivity contribution in [3.05, 3.63) is 41.5 Å². The van der Waals surface area contributed by atoms with E-state index in [9.17, 15) is 4.39 Å². The van der Waals surface area contributed by atoms with Crippen LogP contribution in [-0.2, 0) is 0 Å². The smallest absolute Gasteiger partial charge is 0.124 e. The van der Waals surface area contributed by atoms with Crippen molar-refractivity contribution in [3.63, 3.8) is 0 Å². The minimum atomic E-state index is -0.445. The summed E-state index contributed by atoms with van der Waals surface area (Å²) in [5.41, 5.74) is 3.79. The average Bonchev–Trinajstić information content (AvgIpc) is 2.84. The highest BCUT2D eigenvalue weighted by Gasteiger charge is 2.19. The third-order valence-electron chi connectivity index (χ3n) is 2.34. The molecule has 3 N–H and O–H groups in total. The zero-order valence-corrected chi connectivity index (χ0v) is 9.87. The molecule has 2 rings (SSSR count). The van der Waals surface area contributed by atoms with Crippen molar-refractivity contribution in [1.29, 1.82) is 0 Å². The molecule has 0 saturated carbocycles. The summed E-state index contributed by atoms with van der Waals surface area (Å²) < 4.78 is 26.4. The fourth-order valence-electron chi connectivity index (χ4n) is 1.56. The lowest BCUT2D eigenvalue weighted by molar-refractivity contribution is 0.402. The number of nitrogens with two attached hydrogens (primary N) is 1. The van der Waals surface area contributed by atoms with Crippen molar-refractivity contribution in [1.82, 2.24) is 14.2 Å². The summed E-state index contributed by atoms with van der Waals surface area (Å²) in [7, 11) is 1.52. The Morgan fingerprint density at radius 2 is 2.35 bits per heavy atom. The summed E-state index contributed by atoms with van der Waals surface area (Å²) in [4.78, 5) is 0. The van der Waals surface area contributed by atoms with Gasteiger partial charge >= 0.3 is 0 Å². The van der Waals surface area contributed by atoms with Gasteiger partial charge in [-0.25, -0.2) is 9.82 Å². The van der Waals surface area contributed by atoms with Crippen LogP contribution in [0, 0.1) is 5.82 Å². The molecule has 1 atom stereocenters. The van der Waals surface area contributed by atoms with E-state index < -0.39 is 6.04 Å². The second-order valence-corrected chi connectivity index (χ2v) is 3.87. The number of ether oxygens (including phenoxy) is 1. The van der Waals surface area contributed by atoms with Crippen LogP contribution in [0.15, 0.2) is 24.4 Å². The van der Waals surface area contributed by atoms with Gasteiger partial charge in [0.15, 0.2) is 0 Å². The molecule has 0 saturated heterocycles. The van der Waals surface area contributed by atoms with Crippen LogP contribution in [-0.4, -0.2) is 15.9 Å². The number of benzene rings is 1. The van der Waals surface area contributed by atoms with E-state index in [4.69, 9.17) is 10.6 Å². The lowest BCUT2D eigenvalue weighted by atomic mass is 10.0. The lowest BCUT2D eigenvalue weighted by Crippen LogP contribution is -2.29. The molecule has 0 radical (unpaired) electrons. The molecule has 0 aliphatic carbocycles. The van der Waals surface area contributed by atoms with Crippen LogP contribution < -0.4 is 16.0 Å². The highest BCUT2D eigenvalue weighted by Crippen LogP contribution is 2.29. The van der Waals surface area contributed by atoms with Gasteiger partial charge in [-0.05, 0) is 18.2 Å². The third kappa shape index (κ3) is 2.41. The molecule has 1 heterocycles. The van der Waals surface area contributed by atoms with E-state index in [0.717, 1.165) is 11.7 Å². The highest BCUT2D eigenvalue weighted by atomic mass is 32.1. The minimum absolute atomic E-state index is 0.357. The van der Waals surface area contributed by atoms with E-state index in [1.807, 2.05) is 0 Å². The van der Waals surface area contributed by atoms with Gasteiger partial charge in [-0.3, -0.25) is 5.84 Å². The maximum absolute atomic E-state index is 13.3. The minimum Gasteiger partial charge on any atom is -0.496 e. The molecule has 90 valence electrons. The number of rotatable bonds is 4. The van der Waals surface area contributed by atoms with Crippen LogP contribution in [0.1, 0.15) is 17.3 Å². The maximum atomic E-state index is 13.3. The lowest BCUT2D eigenvalue weighted by Gasteiger charge is -2.16. The van der Waals surface area contributed by atoms with E-state index in [-0.39, 0.29) is 5.82 Å². The fourth-order valence-corrected chi connectivity index (χ4v) is 2.01. The Bertz CT molecular complexity index is 491. The Hall–Kier alpha value is -1.57. The van der Waals surface area contributed by atoms with E-state index >= 15 is 0 Å². The molecule has 5 nitrogen and oxygen atoms in total. The first-order valence-electron chi connectivity index (χ1n) is 4.83. The third-order valence-corrected chi connectivity index (χ3v) is 2.84. The molecule has 0 aliphatic heterocycles. The van der Waals surface area contributed by atoms with Crippen molar-refractivity contribution in [2.45, 2.75) is 6.04 Å². The largest absolute Gasteiger partial charge is 0.496 e. The van der Waals surface area contributed by atoms with Crippen molar-refractivity contribution >= 4 is 11.7 Å². The molecule has 0 bridgehead atoms. The van der Waals surface area contributed by atoms with Gasteiger partial charge in [-0.2, -0.15) is 8.75 Å². The molecular formula is C10H11FN4OS. The SMILES string of the molecule is COc1ccc(F)cc1C(NN)c1cnsn1. The van der Waals surface area contributed by atoms with Crippen molar-refractivity contribution in [3.8, 4) is 5.75 Å². The molecule has 0 spiro atoms. The molecule has 1 aromatic heterocycles.